The Kier molecular flexibility index (Phi) is 34.7. The normalized spacial score (nSPS) is 7.82. The topological polar surface area (TPSA) is 86.6 Å². The maximum Gasteiger partial charge on any atom is 0.156 e. The molecule has 0 aliphatic heterocycles. The molecule has 6 heteroatoms. The summed E-state index contributed by atoms with van der Waals surface area (Å²) in [6.45, 7) is 6.39. The Morgan fingerprint density at radius 1 is 1.45 bits per heavy atom. The molecule has 0 saturated heterocycles. The van der Waals surface area contributed by atoms with E-state index in [1.54, 1.807) is 0 Å². The van der Waals surface area contributed by atoms with Gasteiger partial charge in [0.15, 0.2) is 6.34 Å². The third-order valence-electron chi connectivity index (χ3n) is 0.624. The number of hydrogen-bond acceptors (Lipinski definition) is 4. The number of hydrazone groups is 1. The highest BCUT2D eigenvalue weighted by molar-refractivity contribution is 5.85. The van der Waals surface area contributed by atoms with Crippen LogP contribution < -0.4 is 11.2 Å². The highest BCUT2D eigenvalue weighted by Gasteiger charge is 1.62. The standard InChI is InChI=1S/C4H11N.CH4N4.ClH/c1-3-5-4-2;2-4-1-5-3;/h5H,3-4H2,1-2H3;1-2H,3H2;1H. The highest BCUT2D eigenvalue weighted by Crippen LogP contribution is 1.47. The molecule has 4 N–H and O–H groups in total. The van der Waals surface area contributed by atoms with E-state index < -0.39 is 0 Å². The van der Waals surface area contributed by atoms with Gasteiger partial charge in [0.05, 0.1) is 0 Å². The van der Waals surface area contributed by atoms with Crippen molar-refractivity contribution in [3.05, 3.63) is 0 Å². The zero-order valence-corrected chi connectivity index (χ0v) is 7.69. The van der Waals surface area contributed by atoms with Crippen molar-refractivity contribution in [2.75, 3.05) is 13.1 Å². The first-order valence-corrected chi connectivity index (χ1v) is 3.12. The summed E-state index contributed by atoms with van der Waals surface area (Å²) in [7, 11) is 0. The van der Waals surface area contributed by atoms with Crippen LogP contribution in [0.15, 0.2) is 10.2 Å². The Hall–Kier alpha value is -0.680. The number of nitrogens with one attached hydrogen (secondary N) is 2. The molecule has 0 heterocycles. The largest absolute Gasteiger partial charge is 0.322 e. The van der Waals surface area contributed by atoms with Gasteiger partial charge in [-0.15, -0.1) is 17.5 Å². The van der Waals surface area contributed by atoms with E-state index in [0.717, 1.165) is 19.4 Å². The Balaban J connectivity index is -0.000000107. The van der Waals surface area contributed by atoms with E-state index in [9.17, 15) is 0 Å². The van der Waals surface area contributed by atoms with E-state index in [0.29, 0.717) is 0 Å². The summed E-state index contributed by atoms with van der Waals surface area (Å²) in [5.41, 5.74) is 6.00. The Morgan fingerprint density at radius 2 is 1.91 bits per heavy atom. The molecule has 0 aromatic rings. The molecule has 0 unspecified atom stereocenters. The molecule has 0 radical (unpaired) electrons. The van der Waals surface area contributed by atoms with Gasteiger partial charge in [-0.3, -0.25) is 0 Å². The van der Waals surface area contributed by atoms with Crippen molar-refractivity contribution in [2.45, 2.75) is 13.8 Å². The summed E-state index contributed by atoms with van der Waals surface area (Å²) in [6, 6.07) is 0. The van der Waals surface area contributed by atoms with Crippen LogP contribution in [0.2, 0.25) is 0 Å². The van der Waals surface area contributed by atoms with E-state index in [4.69, 9.17) is 5.53 Å². The molecule has 11 heavy (non-hydrogen) atoms. The van der Waals surface area contributed by atoms with Gasteiger partial charge in [-0.25, -0.2) is 5.53 Å². The van der Waals surface area contributed by atoms with Crippen molar-refractivity contribution in [3.63, 3.8) is 0 Å². The van der Waals surface area contributed by atoms with E-state index in [2.05, 4.69) is 35.2 Å². The van der Waals surface area contributed by atoms with Crippen LogP contribution >= 0.6 is 12.4 Å². The first-order valence-electron chi connectivity index (χ1n) is 3.12. The molecular formula is C5H16ClN5. The van der Waals surface area contributed by atoms with E-state index in [1.165, 1.54) is 0 Å². The molecule has 5 nitrogen and oxygen atoms in total. The fourth-order valence-electron chi connectivity index (χ4n) is 0.283. The van der Waals surface area contributed by atoms with Crippen molar-refractivity contribution in [2.24, 2.45) is 16.1 Å². The number of nitrogens with two attached hydrogens (primary N) is 1. The van der Waals surface area contributed by atoms with Crippen LogP contribution in [0, 0.1) is 5.53 Å². The molecule has 0 fully saturated rings. The minimum Gasteiger partial charge on any atom is -0.322 e. The second-order valence-electron chi connectivity index (χ2n) is 1.35. The lowest BCUT2D eigenvalue weighted by Crippen LogP contribution is -2.09. The molecule has 0 aromatic carbocycles. The average Bonchev–Trinajstić information content (AvgIpc) is 1.93. The van der Waals surface area contributed by atoms with Gasteiger partial charge in [-0.2, -0.15) is 5.10 Å². The van der Waals surface area contributed by atoms with Crippen LogP contribution in [-0.2, 0) is 0 Å². The maximum atomic E-state index is 6.00. The van der Waals surface area contributed by atoms with Crippen molar-refractivity contribution in [3.8, 4) is 0 Å². The average molecular weight is 182 g/mol. The lowest BCUT2D eigenvalue weighted by Gasteiger charge is -1.86. The quantitative estimate of drug-likeness (QED) is 0.199. The number of hydrogen-bond donors (Lipinski definition) is 3. The van der Waals surface area contributed by atoms with Gasteiger partial charge >= 0.3 is 0 Å². The molecule has 0 saturated carbocycles. The van der Waals surface area contributed by atoms with Crippen LogP contribution in [0.4, 0.5) is 0 Å². The SMILES string of the molecule is CCNCC.Cl.N=NC=NN. The zero-order chi connectivity index (χ0) is 8.24. The highest BCUT2D eigenvalue weighted by atomic mass is 35.5. The molecule has 0 bridgehead atoms. The number of rotatable bonds is 3. The van der Waals surface area contributed by atoms with Gasteiger partial charge in [-0.1, -0.05) is 13.8 Å². The molecule has 0 aromatic heterocycles. The van der Waals surface area contributed by atoms with E-state index in [-0.39, 0.29) is 12.4 Å². The maximum absolute atomic E-state index is 6.00. The number of halogens is 1. The van der Waals surface area contributed by atoms with Crippen molar-refractivity contribution in [1.82, 2.24) is 5.32 Å². The molecule has 0 aliphatic rings. The van der Waals surface area contributed by atoms with Crippen molar-refractivity contribution in [1.29, 1.82) is 5.53 Å². The zero-order valence-electron chi connectivity index (χ0n) is 6.87. The van der Waals surface area contributed by atoms with Crippen LogP contribution in [0.5, 0.6) is 0 Å². The van der Waals surface area contributed by atoms with Crippen LogP contribution in [-0.4, -0.2) is 19.4 Å². The minimum atomic E-state index is 0. The summed E-state index contributed by atoms with van der Waals surface area (Å²) in [5.74, 6) is 4.49. The predicted molar refractivity (Wildman–Crippen MR) is 49.3 cm³/mol. The van der Waals surface area contributed by atoms with Gasteiger partial charge < -0.3 is 11.2 Å². The van der Waals surface area contributed by atoms with Gasteiger partial charge in [0, 0.05) is 0 Å². The summed E-state index contributed by atoms with van der Waals surface area (Å²) < 4.78 is 0. The second kappa shape index (κ2) is 22.8. The monoisotopic (exact) mass is 181 g/mol. The fourth-order valence-corrected chi connectivity index (χ4v) is 0.283. The molecule has 0 rings (SSSR count). The fraction of sp³-hybridized carbons (Fsp3) is 0.800. The van der Waals surface area contributed by atoms with Gasteiger partial charge in [-0.05, 0) is 13.1 Å². The van der Waals surface area contributed by atoms with E-state index >= 15 is 0 Å². The lowest BCUT2D eigenvalue weighted by atomic mass is 10.7. The third kappa shape index (κ3) is 45.3. The van der Waals surface area contributed by atoms with Gasteiger partial charge in [0.1, 0.15) is 0 Å². The summed E-state index contributed by atoms with van der Waals surface area (Å²) in [4.78, 5) is 0. The molecule has 0 amide bonds. The van der Waals surface area contributed by atoms with Gasteiger partial charge in [0.25, 0.3) is 0 Å². The Labute approximate surface area is 73.3 Å². The number of nitrogens with zero attached hydrogens (tertiary/aromatic N) is 2. The second-order valence-corrected chi connectivity index (χ2v) is 1.35. The van der Waals surface area contributed by atoms with Crippen molar-refractivity contribution >= 4 is 18.7 Å². The molecule has 0 spiro atoms. The van der Waals surface area contributed by atoms with Gasteiger partial charge in [0.2, 0.25) is 0 Å². The predicted octanol–water partition coefficient (Wildman–Crippen LogP) is 0.957. The summed E-state index contributed by atoms with van der Waals surface area (Å²) in [5, 5.41) is 8.67. The molecule has 68 valence electrons. The van der Waals surface area contributed by atoms with Crippen LogP contribution in [0.25, 0.3) is 0 Å². The molecular weight excluding hydrogens is 166 g/mol. The summed E-state index contributed by atoms with van der Waals surface area (Å²) in [6.07, 6.45) is 0.944. The first-order chi connectivity index (χ1) is 4.83. The smallest absolute Gasteiger partial charge is 0.156 e. The van der Waals surface area contributed by atoms with Crippen LogP contribution in [0.1, 0.15) is 13.8 Å². The minimum absolute atomic E-state index is 0. The van der Waals surface area contributed by atoms with Crippen molar-refractivity contribution < 1.29 is 0 Å². The first kappa shape index (κ1) is 16.7. The lowest BCUT2D eigenvalue weighted by molar-refractivity contribution is 0.762. The molecule has 0 aliphatic carbocycles. The van der Waals surface area contributed by atoms with E-state index in [1.807, 2.05) is 0 Å². The van der Waals surface area contributed by atoms with Crippen LogP contribution in [0.3, 0.4) is 0 Å². The molecule has 0 atom stereocenters. The third-order valence-corrected chi connectivity index (χ3v) is 0.624. The Morgan fingerprint density at radius 3 is 1.91 bits per heavy atom. The summed E-state index contributed by atoms with van der Waals surface area (Å²) >= 11 is 0. The Bertz CT molecular complexity index is 82.9.